The topological polar surface area (TPSA) is 75.7 Å². The number of unbranched alkanes of at least 4 members (excludes halogenated alkanes) is 5. The van der Waals surface area contributed by atoms with Crippen LogP contribution in [-0.2, 0) is 19.6 Å². The Labute approximate surface area is 167 Å². The van der Waals surface area contributed by atoms with Crippen LogP contribution >= 0.6 is 0 Å². The van der Waals surface area contributed by atoms with Gasteiger partial charge in [-0.05, 0) is 45.4 Å². The lowest BCUT2D eigenvalue weighted by Gasteiger charge is -2.39. The highest BCUT2D eigenvalue weighted by Gasteiger charge is 2.26. The first-order valence-electron chi connectivity index (χ1n) is 10.8. The number of hydrogen-bond donors (Lipinski definition) is 0. The second-order valence-corrected chi connectivity index (χ2v) is 8.95. The first-order valence-corrected chi connectivity index (χ1v) is 12.4. The Morgan fingerprint density at radius 2 is 1.22 bits per heavy atom. The van der Waals surface area contributed by atoms with Crippen LogP contribution in [0.25, 0.3) is 0 Å². The zero-order chi connectivity index (χ0) is 20.4. The molecule has 6 nitrogen and oxygen atoms in total. The highest BCUT2D eigenvalue weighted by molar-refractivity contribution is 7.85. The second kappa shape index (κ2) is 16.7. The van der Waals surface area contributed by atoms with Gasteiger partial charge in [0.05, 0.1) is 49.6 Å². The molecule has 7 heteroatoms. The van der Waals surface area contributed by atoms with Gasteiger partial charge in [0.25, 0.3) is 0 Å². The van der Waals surface area contributed by atoms with Crippen molar-refractivity contribution in [3.05, 3.63) is 0 Å². The summed E-state index contributed by atoms with van der Waals surface area (Å²) in [6, 6.07) is 0. The van der Waals surface area contributed by atoms with Gasteiger partial charge in [0.2, 0.25) is 0 Å². The van der Waals surface area contributed by atoms with Crippen molar-refractivity contribution in [3.8, 4) is 0 Å². The molecule has 0 aliphatic heterocycles. The summed E-state index contributed by atoms with van der Waals surface area (Å²) in [7, 11) is -4.11. The van der Waals surface area contributed by atoms with E-state index in [1.54, 1.807) is 0 Å². The normalized spacial score (nSPS) is 12.6. The van der Waals surface area contributed by atoms with Crippen LogP contribution in [0.3, 0.4) is 0 Å². The van der Waals surface area contributed by atoms with Gasteiger partial charge < -0.3 is 18.5 Å². The molecule has 164 valence electrons. The van der Waals surface area contributed by atoms with Crippen molar-refractivity contribution in [2.24, 2.45) is 0 Å². The summed E-state index contributed by atoms with van der Waals surface area (Å²) in [5.74, 6) is -0.248. The number of nitrogens with zero attached hydrogens (tertiary/aromatic N) is 1. The summed E-state index contributed by atoms with van der Waals surface area (Å²) >= 11 is 0. The van der Waals surface area contributed by atoms with E-state index >= 15 is 0 Å². The van der Waals surface area contributed by atoms with Gasteiger partial charge in [-0.15, -0.1) is 0 Å². The molecule has 0 saturated heterocycles. The summed E-state index contributed by atoms with van der Waals surface area (Å²) in [6.45, 7) is 13.1. The summed E-state index contributed by atoms with van der Waals surface area (Å²) in [5.41, 5.74) is 0. The fourth-order valence-corrected chi connectivity index (χ4v) is 3.97. The minimum Gasteiger partial charge on any atom is -0.748 e. The van der Waals surface area contributed by atoms with Gasteiger partial charge in [-0.1, -0.05) is 26.7 Å². The molecule has 0 bridgehead atoms. The minimum absolute atomic E-state index is 0.248. The van der Waals surface area contributed by atoms with Crippen LogP contribution in [0.2, 0.25) is 0 Å². The molecule has 0 saturated carbocycles. The second-order valence-electron chi connectivity index (χ2n) is 7.43. The molecule has 0 radical (unpaired) electrons. The quantitative estimate of drug-likeness (QED) is 0.175. The van der Waals surface area contributed by atoms with Crippen molar-refractivity contribution in [2.75, 3.05) is 58.4 Å². The van der Waals surface area contributed by atoms with E-state index in [0.717, 1.165) is 37.1 Å². The molecule has 0 aromatic carbocycles. The maximum Gasteiger partial charge on any atom is 0.102 e. The zero-order valence-corrected chi connectivity index (χ0v) is 18.7. The lowest BCUT2D eigenvalue weighted by atomic mass is 10.1. The standard InChI is InChI=1S/C20H43NO5S/c1-4-7-9-13-21(14-10-8-5-2,15-11-12-20-27(22,23)24)16-17-26-19-18-25-6-3/h4-20H2,1-3H3. The molecule has 0 aliphatic carbocycles. The van der Waals surface area contributed by atoms with E-state index in [1.807, 2.05) is 6.92 Å². The Morgan fingerprint density at radius 1 is 0.704 bits per heavy atom. The number of hydrogen-bond acceptors (Lipinski definition) is 5. The molecule has 0 aromatic heterocycles. The highest BCUT2D eigenvalue weighted by Crippen LogP contribution is 2.16. The lowest BCUT2D eigenvalue weighted by molar-refractivity contribution is -0.929. The summed E-state index contributed by atoms with van der Waals surface area (Å²) in [5, 5.41) is 0. The first-order chi connectivity index (χ1) is 12.9. The van der Waals surface area contributed by atoms with Crippen LogP contribution in [0.4, 0.5) is 0 Å². The zero-order valence-electron chi connectivity index (χ0n) is 17.9. The Kier molecular flexibility index (Phi) is 16.6. The highest BCUT2D eigenvalue weighted by atomic mass is 32.2. The van der Waals surface area contributed by atoms with Crippen molar-refractivity contribution >= 4 is 10.1 Å². The van der Waals surface area contributed by atoms with E-state index in [4.69, 9.17) is 9.47 Å². The Morgan fingerprint density at radius 3 is 1.70 bits per heavy atom. The molecule has 0 atom stereocenters. The van der Waals surface area contributed by atoms with Crippen molar-refractivity contribution in [2.45, 2.75) is 72.1 Å². The van der Waals surface area contributed by atoms with Crippen molar-refractivity contribution < 1.29 is 26.9 Å². The first kappa shape index (κ1) is 26.8. The fourth-order valence-electron chi connectivity index (χ4n) is 3.41. The monoisotopic (exact) mass is 409 g/mol. The van der Waals surface area contributed by atoms with E-state index in [-0.39, 0.29) is 5.75 Å². The average Bonchev–Trinajstić information content (AvgIpc) is 2.61. The molecule has 0 rings (SSSR count). The molecule has 0 amide bonds. The van der Waals surface area contributed by atoms with Gasteiger partial charge in [-0.2, -0.15) is 0 Å². The van der Waals surface area contributed by atoms with E-state index in [1.165, 1.54) is 38.5 Å². The van der Waals surface area contributed by atoms with E-state index in [0.29, 0.717) is 32.8 Å². The largest absolute Gasteiger partial charge is 0.748 e. The van der Waals surface area contributed by atoms with Crippen molar-refractivity contribution in [3.63, 3.8) is 0 Å². The van der Waals surface area contributed by atoms with E-state index in [2.05, 4.69) is 13.8 Å². The molecular formula is C20H43NO5S. The number of quaternary nitrogens is 1. The van der Waals surface area contributed by atoms with Crippen LogP contribution in [-0.4, -0.2) is 75.8 Å². The van der Waals surface area contributed by atoms with Gasteiger partial charge in [0, 0.05) is 12.4 Å². The van der Waals surface area contributed by atoms with Gasteiger partial charge in [0.15, 0.2) is 0 Å². The van der Waals surface area contributed by atoms with Crippen LogP contribution in [0, 0.1) is 0 Å². The number of rotatable bonds is 20. The van der Waals surface area contributed by atoms with Crippen molar-refractivity contribution in [1.29, 1.82) is 0 Å². The molecule has 0 fully saturated rings. The third-order valence-corrected chi connectivity index (χ3v) is 5.82. The molecule has 27 heavy (non-hydrogen) atoms. The summed E-state index contributed by atoms with van der Waals surface area (Å²) in [6.07, 6.45) is 8.41. The van der Waals surface area contributed by atoms with Crippen molar-refractivity contribution in [1.82, 2.24) is 0 Å². The predicted molar refractivity (Wildman–Crippen MR) is 110 cm³/mol. The predicted octanol–water partition coefficient (Wildman–Crippen LogP) is 3.56. The summed E-state index contributed by atoms with van der Waals surface area (Å²) < 4.78 is 44.7. The van der Waals surface area contributed by atoms with Gasteiger partial charge >= 0.3 is 0 Å². The smallest absolute Gasteiger partial charge is 0.102 e. The third-order valence-electron chi connectivity index (χ3n) is 5.03. The SMILES string of the molecule is CCCCC[N+](CCCCC)(CCCCS(=O)(=O)[O-])CCOCCOCC. The Balaban J connectivity index is 4.70. The van der Waals surface area contributed by atoms with Crippen LogP contribution in [0.15, 0.2) is 0 Å². The van der Waals surface area contributed by atoms with E-state index < -0.39 is 10.1 Å². The molecule has 0 spiro atoms. The van der Waals surface area contributed by atoms with Gasteiger partial charge in [-0.25, -0.2) is 8.42 Å². The fraction of sp³-hybridized carbons (Fsp3) is 1.00. The Bertz CT molecular complexity index is 418. The van der Waals surface area contributed by atoms with Gasteiger partial charge in [-0.3, -0.25) is 0 Å². The maximum atomic E-state index is 10.9. The summed E-state index contributed by atoms with van der Waals surface area (Å²) in [4.78, 5) is 0. The van der Waals surface area contributed by atoms with Crippen LogP contribution < -0.4 is 0 Å². The third kappa shape index (κ3) is 16.4. The molecule has 0 aromatic rings. The van der Waals surface area contributed by atoms with Crippen LogP contribution in [0.5, 0.6) is 0 Å². The van der Waals surface area contributed by atoms with Gasteiger partial charge in [0.1, 0.15) is 6.54 Å². The number of ether oxygens (including phenoxy) is 2. The average molecular weight is 410 g/mol. The molecule has 0 aliphatic rings. The maximum absolute atomic E-state index is 10.9. The Hall–Kier alpha value is -0.210. The molecular weight excluding hydrogens is 366 g/mol. The lowest BCUT2D eigenvalue weighted by Crippen LogP contribution is -2.52. The molecule has 0 heterocycles. The van der Waals surface area contributed by atoms with Crippen LogP contribution in [0.1, 0.15) is 72.1 Å². The van der Waals surface area contributed by atoms with E-state index in [9.17, 15) is 13.0 Å². The molecule has 0 unspecified atom stereocenters. The molecule has 0 N–H and O–H groups in total. The minimum atomic E-state index is -4.11.